The fourth-order valence-electron chi connectivity index (χ4n) is 5.20. The van der Waals surface area contributed by atoms with E-state index >= 15 is 0 Å². The maximum Gasteiger partial charge on any atom is 0.143 e. The lowest BCUT2D eigenvalue weighted by Gasteiger charge is -2.13. The van der Waals surface area contributed by atoms with Crippen LogP contribution in [-0.4, -0.2) is 0 Å². The Morgan fingerprint density at radius 2 is 1.27 bits per heavy atom. The summed E-state index contributed by atoms with van der Waals surface area (Å²) < 4.78 is 6.45. The second-order valence-corrected chi connectivity index (χ2v) is 8.66. The van der Waals surface area contributed by atoms with Crippen LogP contribution in [0.3, 0.4) is 0 Å². The van der Waals surface area contributed by atoms with Crippen LogP contribution in [0, 0.1) is 0 Å². The lowest BCUT2D eigenvalue weighted by Crippen LogP contribution is -1.93. The molecule has 0 aliphatic heterocycles. The highest BCUT2D eigenvalue weighted by molar-refractivity contribution is 6.11. The van der Waals surface area contributed by atoms with Crippen molar-refractivity contribution in [3.05, 3.63) is 120 Å². The summed E-state index contributed by atoms with van der Waals surface area (Å²) in [6.45, 7) is 0. The van der Waals surface area contributed by atoms with Crippen LogP contribution in [0.4, 0.5) is 11.4 Å². The van der Waals surface area contributed by atoms with Gasteiger partial charge in [0.25, 0.3) is 0 Å². The average molecular weight is 424 g/mol. The Balaban J connectivity index is 1.49. The molecule has 1 aliphatic carbocycles. The maximum atomic E-state index is 6.45. The van der Waals surface area contributed by atoms with Gasteiger partial charge in [0.05, 0.1) is 0 Å². The number of anilines is 2. The molecule has 1 N–H and O–H groups in total. The van der Waals surface area contributed by atoms with Crippen LogP contribution in [0.15, 0.2) is 114 Å². The molecule has 0 atom stereocenters. The quantitative estimate of drug-likeness (QED) is 0.308. The first kappa shape index (κ1) is 18.3. The van der Waals surface area contributed by atoms with Gasteiger partial charge < -0.3 is 9.73 Å². The van der Waals surface area contributed by atoms with Crippen LogP contribution in [0.25, 0.3) is 44.2 Å². The molecule has 6 aromatic rings. The molecule has 0 bridgehead atoms. The molecule has 1 aromatic heterocycles. The van der Waals surface area contributed by atoms with Gasteiger partial charge in [-0.05, 0) is 64.6 Å². The Bertz CT molecular complexity index is 1660. The number of furan rings is 1. The topological polar surface area (TPSA) is 25.2 Å². The van der Waals surface area contributed by atoms with Crippen LogP contribution >= 0.6 is 0 Å². The third-order valence-electron chi connectivity index (χ3n) is 6.68. The van der Waals surface area contributed by atoms with E-state index in [-0.39, 0.29) is 0 Å². The van der Waals surface area contributed by atoms with E-state index in [9.17, 15) is 0 Å². The van der Waals surface area contributed by atoms with Crippen LogP contribution in [0.5, 0.6) is 0 Å². The molecule has 1 aliphatic rings. The molecule has 0 unspecified atom stereocenters. The highest BCUT2D eigenvalue weighted by Gasteiger charge is 2.23. The van der Waals surface area contributed by atoms with Gasteiger partial charge in [0.2, 0.25) is 0 Å². The fraction of sp³-hybridized carbons (Fsp3) is 0.0323. The van der Waals surface area contributed by atoms with Crippen molar-refractivity contribution in [2.75, 3.05) is 5.32 Å². The SMILES string of the molecule is c1ccc(Nc2cc(-c3cccc4c3Cc3ccccc3-4)c3oc4ccccc4c3c2)cc1. The van der Waals surface area contributed by atoms with Crippen molar-refractivity contribution >= 4 is 33.3 Å². The van der Waals surface area contributed by atoms with Gasteiger partial charge in [0, 0.05) is 27.7 Å². The molecule has 156 valence electrons. The molecule has 0 radical (unpaired) electrons. The van der Waals surface area contributed by atoms with Crippen LogP contribution < -0.4 is 5.32 Å². The first-order valence-electron chi connectivity index (χ1n) is 11.3. The largest absolute Gasteiger partial charge is 0.455 e. The first-order valence-corrected chi connectivity index (χ1v) is 11.3. The Morgan fingerprint density at radius 3 is 2.18 bits per heavy atom. The van der Waals surface area contributed by atoms with Crippen LogP contribution in [0.2, 0.25) is 0 Å². The minimum Gasteiger partial charge on any atom is -0.455 e. The number of nitrogens with one attached hydrogen (secondary N) is 1. The third kappa shape index (κ3) is 2.88. The zero-order valence-corrected chi connectivity index (χ0v) is 18.0. The Hall–Kier alpha value is -4.30. The monoisotopic (exact) mass is 423 g/mol. The molecule has 1 heterocycles. The van der Waals surface area contributed by atoms with Crippen LogP contribution in [-0.2, 0) is 6.42 Å². The van der Waals surface area contributed by atoms with Crippen molar-refractivity contribution in [3.63, 3.8) is 0 Å². The van der Waals surface area contributed by atoms with Gasteiger partial charge >= 0.3 is 0 Å². The van der Waals surface area contributed by atoms with E-state index in [4.69, 9.17) is 4.42 Å². The zero-order valence-electron chi connectivity index (χ0n) is 18.0. The van der Waals surface area contributed by atoms with E-state index in [2.05, 4.69) is 102 Å². The van der Waals surface area contributed by atoms with E-state index in [1.807, 2.05) is 12.1 Å². The number of benzene rings is 5. The van der Waals surface area contributed by atoms with Crippen molar-refractivity contribution < 1.29 is 4.42 Å². The first-order chi connectivity index (χ1) is 16.3. The van der Waals surface area contributed by atoms with Gasteiger partial charge in [-0.15, -0.1) is 0 Å². The second kappa shape index (κ2) is 7.11. The molecule has 5 aromatic carbocycles. The molecule has 2 heteroatoms. The highest BCUT2D eigenvalue weighted by atomic mass is 16.3. The third-order valence-corrected chi connectivity index (χ3v) is 6.68. The van der Waals surface area contributed by atoms with Crippen LogP contribution in [0.1, 0.15) is 11.1 Å². The Labute approximate surface area is 192 Å². The number of hydrogen-bond acceptors (Lipinski definition) is 2. The molecular formula is C31H21NO. The molecule has 33 heavy (non-hydrogen) atoms. The van der Waals surface area contributed by atoms with Gasteiger partial charge in [-0.2, -0.15) is 0 Å². The van der Waals surface area contributed by atoms with Crippen molar-refractivity contribution in [3.8, 4) is 22.3 Å². The predicted octanol–water partition coefficient (Wildman–Crippen LogP) is 8.57. The average Bonchev–Trinajstić information content (AvgIpc) is 3.43. The summed E-state index contributed by atoms with van der Waals surface area (Å²) in [4.78, 5) is 0. The van der Waals surface area contributed by atoms with Crippen molar-refractivity contribution in [1.82, 2.24) is 0 Å². The molecule has 0 amide bonds. The van der Waals surface area contributed by atoms with E-state index < -0.39 is 0 Å². The number of para-hydroxylation sites is 2. The van der Waals surface area contributed by atoms with Gasteiger partial charge in [0.1, 0.15) is 11.2 Å². The highest BCUT2D eigenvalue weighted by Crippen LogP contribution is 2.45. The number of hydrogen-bond donors (Lipinski definition) is 1. The van der Waals surface area contributed by atoms with E-state index in [1.54, 1.807) is 0 Å². The summed E-state index contributed by atoms with van der Waals surface area (Å²) in [5.41, 5.74) is 11.8. The lowest BCUT2D eigenvalue weighted by atomic mass is 9.94. The van der Waals surface area contributed by atoms with Gasteiger partial charge in [-0.1, -0.05) is 78.9 Å². The second-order valence-electron chi connectivity index (χ2n) is 8.66. The standard InChI is InChI=1S/C31H21NO/c1-2-10-21(11-3-1)32-22-18-28(31-29(19-22)26-13-6-7-16-30(26)33-31)25-15-8-14-24-23-12-5-4-9-20(23)17-27(24)25/h1-16,18-19,32H,17H2. The summed E-state index contributed by atoms with van der Waals surface area (Å²) >= 11 is 0. The van der Waals surface area contributed by atoms with Gasteiger partial charge in [-0.25, -0.2) is 0 Å². The van der Waals surface area contributed by atoms with Crippen molar-refractivity contribution in [2.45, 2.75) is 6.42 Å². The molecule has 0 saturated heterocycles. The van der Waals surface area contributed by atoms with E-state index in [0.717, 1.165) is 45.3 Å². The predicted molar refractivity (Wildman–Crippen MR) is 137 cm³/mol. The zero-order chi connectivity index (χ0) is 21.8. The van der Waals surface area contributed by atoms with Gasteiger partial charge in [0.15, 0.2) is 0 Å². The number of fused-ring (bicyclic) bond motifs is 6. The Morgan fingerprint density at radius 1 is 0.545 bits per heavy atom. The van der Waals surface area contributed by atoms with Crippen molar-refractivity contribution in [1.29, 1.82) is 0 Å². The molecule has 2 nitrogen and oxygen atoms in total. The van der Waals surface area contributed by atoms with Gasteiger partial charge in [-0.3, -0.25) is 0 Å². The summed E-state index contributed by atoms with van der Waals surface area (Å²) in [6.07, 6.45) is 0.944. The molecule has 0 fully saturated rings. The number of rotatable bonds is 3. The Kier molecular flexibility index (Phi) is 3.94. The molecule has 0 spiro atoms. The summed E-state index contributed by atoms with van der Waals surface area (Å²) in [5.74, 6) is 0. The lowest BCUT2D eigenvalue weighted by molar-refractivity contribution is 0.670. The van der Waals surface area contributed by atoms with E-state index in [1.165, 1.54) is 27.8 Å². The van der Waals surface area contributed by atoms with E-state index in [0.29, 0.717) is 0 Å². The minimum atomic E-state index is 0.918. The summed E-state index contributed by atoms with van der Waals surface area (Å²) in [6, 6.07) is 38.4. The smallest absolute Gasteiger partial charge is 0.143 e. The summed E-state index contributed by atoms with van der Waals surface area (Å²) in [5, 5.41) is 5.88. The molecular weight excluding hydrogens is 402 g/mol. The van der Waals surface area contributed by atoms with Crippen molar-refractivity contribution in [2.24, 2.45) is 0 Å². The summed E-state index contributed by atoms with van der Waals surface area (Å²) in [7, 11) is 0. The fourth-order valence-corrected chi connectivity index (χ4v) is 5.20. The molecule has 7 rings (SSSR count). The minimum absolute atomic E-state index is 0.918. The maximum absolute atomic E-state index is 6.45. The molecule has 0 saturated carbocycles. The normalized spacial score (nSPS) is 12.1.